The predicted molar refractivity (Wildman–Crippen MR) is 137 cm³/mol. The second-order valence-electron chi connectivity index (χ2n) is 7.29. The summed E-state index contributed by atoms with van der Waals surface area (Å²) in [4.78, 5) is 18.8. The molecule has 0 atom stereocenters. The Kier molecular flexibility index (Phi) is 10.3. The van der Waals surface area contributed by atoms with E-state index in [2.05, 4.69) is 31.2 Å². The number of amides is 1. The molecule has 11 nitrogen and oxygen atoms in total. The van der Waals surface area contributed by atoms with E-state index in [1.54, 1.807) is 30.3 Å². The number of methoxy groups -OCH3 is 1. The molecule has 0 spiro atoms. The van der Waals surface area contributed by atoms with Crippen molar-refractivity contribution in [2.75, 3.05) is 56.3 Å². The number of rotatable bonds is 14. The number of aromatic nitrogens is 2. The molecule has 1 aromatic heterocycles. The number of aliphatic hydroxyl groups is 1. The molecule has 1 amide bonds. The van der Waals surface area contributed by atoms with E-state index in [9.17, 15) is 13.2 Å². The summed E-state index contributed by atoms with van der Waals surface area (Å²) in [6, 6.07) is 11.2. The molecular weight excluding hydrogens is 556 g/mol. The molecule has 0 saturated heterocycles. The van der Waals surface area contributed by atoms with E-state index in [0.29, 0.717) is 5.69 Å². The van der Waals surface area contributed by atoms with Crippen molar-refractivity contribution < 1.29 is 32.5 Å². The van der Waals surface area contributed by atoms with Gasteiger partial charge in [-0.15, -0.1) is 0 Å². The molecular formula is C23H27BrN4O7S. The number of benzene rings is 2. The van der Waals surface area contributed by atoms with E-state index in [-0.39, 0.29) is 61.6 Å². The Morgan fingerprint density at radius 1 is 1.11 bits per heavy atom. The van der Waals surface area contributed by atoms with Crippen LogP contribution in [0.5, 0.6) is 5.75 Å². The molecule has 0 radical (unpaired) electrons. The average Bonchev–Trinajstić information content (AvgIpc) is 3.42. The van der Waals surface area contributed by atoms with Gasteiger partial charge in [0.05, 0.1) is 64.9 Å². The van der Waals surface area contributed by atoms with Gasteiger partial charge in [0.15, 0.2) is 0 Å². The van der Waals surface area contributed by atoms with Crippen LogP contribution in [-0.2, 0) is 19.5 Å². The molecule has 3 rings (SSSR count). The van der Waals surface area contributed by atoms with E-state index in [0.717, 1.165) is 4.47 Å². The van der Waals surface area contributed by atoms with E-state index in [1.807, 2.05) is 0 Å². The standard InChI is InChI=1S/C23H27BrN4O7S/c1-33-21-7-4-18(27-23(30)20-15-25-16-26-20)14-22(21)36(31,32)28(19-5-2-17(24)3-6-19)8-10-34-12-13-35-11-9-29/h2-7,14-16,29H,8-13H2,1H3,(H,25,26)(H,27,30). The largest absolute Gasteiger partial charge is 0.495 e. The maximum atomic E-state index is 13.9. The molecule has 2 aromatic carbocycles. The minimum Gasteiger partial charge on any atom is -0.495 e. The maximum absolute atomic E-state index is 13.9. The molecule has 36 heavy (non-hydrogen) atoms. The zero-order chi connectivity index (χ0) is 26.0. The van der Waals surface area contributed by atoms with Gasteiger partial charge in [-0.1, -0.05) is 15.9 Å². The minimum atomic E-state index is -4.15. The topological polar surface area (TPSA) is 143 Å². The zero-order valence-electron chi connectivity index (χ0n) is 19.5. The summed E-state index contributed by atoms with van der Waals surface area (Å²) in [6.45, 7) is 0.743. The number of hydrogen-bond donors (Lipinski definition) is 3. The van der Waals surface area contributed by atoms with Crippen molar-refractivity contribution in [1.29, 1.82) is 0 Å². The quantitative estimate of drug-likeness (QED) is 0.246. The number of aliphatic hydroxyl groups excluding tert-OH is 1. The van der Waals surface area contributed by atoms with Gasteiger partial charge in [-0.2, -0.15) is 0 Å². The van der Waals surface area contributed by atoms with Gasteiger partial charge in [-0.25, -0.2) is 13.4 Å². The number of sulfonamides is 1. The van der Waals surface area contributed by atoms with Gasteiger partial charge in [0.2, 0.25) is 0 Å². The van der Waals surface area contributed by atoms with Crippen molar-refractivity contribution in [1.82, 2.24) is 9.97 Å². The molecule has 0 fully saturated rings. The Bertz CT molecular complexity index is 1220. The summed E-state index contributed by atoms with van der Waals surface area (Å²) in [6.07, 6.45) is 2.73. The predicted octanol–water partition coefficient (Wildman–Crippen LogP) is 2.65. The van der Waals surface area contributed by atoms with Crippen LogP contribution in [0, 0.1) is 0 Å². The van der Waals surface area contributed by atoms with Crippen LogP contribution < -0.4 is 14.4 Å². The first-order chi connectivity index (χ1) is 17.4. The number of H-pyrrole nitrogens is 1. The van der Waals surface area contributed by atoms with Gasteiger partial charge in [0.25, 0.3) is 15.9 Å². The van der Waals surface area contributed by atoms with Crippen molar-refractivity contribution in [3.05, 3.63) is 65.2 Å². The first kappa shape index (κ1) is 27.6. The molecule has 194 valence electrons. The van der Waals surface area contributed by atoms with Crippen LogP contribution in [0.4, 0.5) is 11.4 Å². The summed E-state index contributed by atoms with van der Waals surface area (Å²) < 4.78 is 45.8. The van der Waals surface area contributed by atoms with Crippen LogP contribution in [-0.4, -0.2) is 76.1 Å². The van der Waals surface area contributed by atoms with Crippen molar-refractivity contribution in [3.8, 4) is 5.75 Å². The highest BCUT2D eigenvalue weighted by atomic mass is 79.9. The van der Waals surface area contributed by atoms with Crippen LogP contribution in [0.1, 0.15) is 10.5 Å². The van der Waals surface area contributed by atoms with Gasteiger partial charge in [0.1, 0.15) is 16.3 Å². The zero-order valence-corrected chi connectivity index (χ0v) is 21.9. The van der Waals surface area contributed by atoms with Crippen molar-refractivity contribution in [2.24, 2.45) is 0 Å². The van der Waals surface area contributed by atoms with E-state index in [4.69, 9.17) is 19.3 Å². The fourth-order valence-corrected chi connectivity index (χ4v) is 5.08. The third-order valence-electron chi connectivity index (χ3n) is 4.89. The Labute approximate surface area is 217 Å². The number of hydrogen-bond acceptors (Lipinski definition) is 8. The number of halogens is 1. The van der Waals surface area contributed by atoms with Crippen molar-refractivity contribution >= 4 is 43.2 Å². The molecule has 0 aliphatic rings. The fourth-order valence-electron chi connectivity index (χ4n) is 3.18. The average molecular weight is 583 g/mol. The van der Waals surface area contributed by atoms with E-state index >= 15 is 0 Å². The summed E-state index contributed by atoms with van der Waals surface area (Å²) in [7, 11) is -2.77. The highest BCUT2D eigenvalue weighted by Crippen LogP contribution is 2.33. The van der Waals surface area contributed by atoms with Gasteiger partial charge in [-0.3, -0.25) is 9.10 Å². The molecule has 0 aliphatic carbocycles. The lowest BCUT2D eigenvalue weighted by Gasteiger charge is -2.26. The number of aromatic amines is 1. The summed E-state index contributed by atoms with van der Waals surface area (Å²) >= 11 is 3.36. The number of nitrogens with one attached hydrogen (secondary N) is 2. The Morgan fingerprint density at radius 2 is 1.83 bits per heavy atom. The second kappa shape index (κ2) is 13.4. The summed E-state index contributed by atoms with van der Waals surface area (Å²) in [5.74, 6) is -0.349. The maximum Gasteiger partial charge on any atom is 0.273 e. The molecule has 0 aliphatic heterocycles. The van der Waals surface area contributed by atoms with Crippen molar-refractivity contribution in [3.63, 3.8) is 0 Å². The summed E-state index contributed by atoms with van der Waals surface area (Å²) in [5, 5.41) is 11.4. The normalized spacial score (nSPS) is 11.3. The summed E-state index contributed by atoms with van der Waals surface area (Å²) in [5.41, 5.74) is 0.918. The van der Waals surface area contributed by atoms with Gasteiger partial charge < -0.3 is 29.6 Å². The van der Waals surface area contributed by atoms with Crippen LogP contribution in [0.3, 0.4) is 0 Å². The number of carbonyl (C=O) groups excluding carboxylic acids is 1. The molecule has 0 saturated carbocycles. The molecule has 3 N–H and O–H groups in total. The number of ether oxygens (including phenoxy) is 3. The van der Waals surface area contributed by atoms with Crippen LogP contribution in [0.15, 0.2) is 64.4 Å². The molecule has 0 unspecified atom stereocenters. The SMILES string of the molecule is COc1ccc(NC(=O)c2cnc[nH]2)cc1S(=O)(=O)N(CCOCCOCCO)c1ccc(Br)cc1. The van der Waals surface area contributed by atoms with Gasteiger partial charge >= 0.3 is 0 Å². The number of nitrogens with zero attached hydrogens (tertiary/aromatic N) is 2. The van der Waals surface area contributed by atoms with Gasteiger partial charge in [-0.05, 0) is 42.5 Å². The van der Waals surface area contributed by atoms with Crippen LogP contribution >= 0.6 is 15.9 Å². The van der Waals surface area contributed by atoms with E-state index < -0.39 is 15.9 Å². The second-order valence-corrected chi connectivity index (χ2v) is 10.0. The monoisotopic (exact) mass is 582 g/mol. The van der Waals surface area contributed by atoms with E-state index in [1.165, 1.54) is 36.1 Å². The number of imidazole rings is 1. The number of anilines is 2. The highest BCUT2D eigenvalue weighted by molar-refractivity contribution is 9.10. The Balaban J connectivity index is 1.87. The molecule has 1 heterocycles. The Hall–Kier alpha value is -2.97. The lowest BCUT2D eigenvalue weighted by molar-refractivity contribution is 0.0356. The van der Waals surface area contributed by atoms with Crippen LogP contribution in [0.25, 0.3) is 0 Å². The number of carbonyl (C=O) groups is 1. The third kappa shape index (κ3) is 7.27. The molecule has 3 aromatic rings. The Morgan fingerprint density at radius 3 is 2.47 bits per heavy atom. The van der Waals surface area contributed by atoms with Crippen LogP contribution in [0.2, 0.25) is 0 Å². The molecule has 13 heteroatoms. The lowest BCUT2D eigenvalue weighted by Crippen LogP contribution is -2.34. The van der Waals surface area contributed by atoms with Crippen molar-refractivity contribution in [2.45, 2.75) is 4.90 Å². The highest BCUT2D eigenvalue weighted by Gasteiger charge is 2.29. The fraction of sp³-hybridized carbons (Fsp3) is 0.304. The minimum absolute atomic E-state index is 0.0118. The third-order valence-corrected chi connectivity index (χ3v) is 7.27. The first-order valence-corrected chi connectivity index (χ1v) is 13.1. The smallest absolute Gasteiger partial charge is 0.273 e. The lowest BCUT2D eigenvalue weighted by atomic mass is 10.3. The first-order valence-electron chi connectivity index (χ1n) is 10.9. The van der Waals surface area contributed by atoms with Gasteiger partial charge in [0, 0.05) is 10.2 Å². The molecule has 0 bridgehead atoms.